The highest BCUT2D eigenvalue weighted by Gasteiger charge is 2.76. The normalized spacial score (nSPS) is 28.4. The van der Waals surface area contributed by atoms with Gasteiger partial charge in [0, 0.05) is 35.5 Å². The number of aryl methyl sites for hydroxylation is 2. The van der Waals surface area contributed by atoms with Gasteiger partial charge < -0.3 is 19.6 Å². The minimum Gasteiger partial charge on any atom is -0.465 e. The maximum Gasteiger partial charge on any atom is 0.310 e. The number of aliphatic hydroxyl groups is 1. The maximum absolute atomic E-state index is 14.7. The molecule has 0 radical (unpaired) electrons. The van der Waals surface area contributed by atoms with Gasteiger partial charge in [0.2, 0.25) is 5.91 Å². The molecule has 1 aromatic rings. The molecular weight excluding hydrogens is 592 g/mol. The van der Waals surface area contributed by atoms with Crippen molar-refractivity contribution in [1.82, 2.24) is 4.90 Å². The number of alkyl halides is 1. The van der Waals surface area contributed by atoms with Gasteiger partial charge in [-0.1, -0.05) is 46.3 Å². The highest BCUT2D eigenvalue weighted by atomic mass is 79.9. The summed E-state index contributed by atoms with van der Waals surface area (Å²) in [7, 11) is 0. The van der Waals surface area contributed by atoms with Crippen LogP contribution in [0.1, 0.15) is 49.7 Å². The van der Waals surface area contributed by atoms with E-state index in [9.17, 15) is 19.5 Å². The molecular formula is C31H41BrN2O5S. The third-order valence-electron chi connectivity index (χ3n) is 8.44. The highest BCUT2D eigenvalue weighted by molar-refractivity contribution is 9.09. The van der Waals surface area contributed by atoms with Crippen molar-refractivity contribution >= 4 is 51.2 Å². The molecule has 3 unspecified atom stereocenters. The first-order valence-electron chi connectivity index (χ1n) is 14.2. The van der Waals surface area contributed by atoms with Crippen molar-refractivity contribution < 1.29 is 24.2 Å². The van der Waals surface area contributed by atoms with Gasteiger partial charge in [-0.2, -0.15) is 0 Å². The van der Waals surface area contributed by atoms with Gasteiger partial charge in [-0.3, -0.25) is 14.4 Å². The number of esters is 1. The number of ether oxygens (including phenoxy) is 1. The van der Waals surface area contributed by atoms with Crippen LogP contribution in [0.3, 0.4) is 0 Å². The first-order valence-corrected chi connectivity index (χ1v) is 16.0. The summed E-state index contributed by atoms with van der Waals surface area (Å²) in [4.78, 5) is 45.8. The molecule has 2 bridgehead atoms. The molecule has 6 atom stereocenters. The van der Waals surface area contributed by atoms with E-state index in [0.717, 1.165) is 36.1 Å². The summed E-state index contributed by atoms with van der Waals surface area (Å²) in [6, 6.07) is 5.20. The van der Waals surface area contributed by atoms with Crippen molar-refractivity contribution in [3.05, 3.63) is 54.6 Å². The minimum absolute atomic E-state index is 0.0133. The van der Waals surface area contributed by atoms with Crippen LogP contribution < -0.4 is 4.90 Å². The fraction of sp³-hybridized carbons (Fsp3) is 0.581. The molecule has 0 saturated carbocycles. The zero-order chi connectivity index (χ0) is 29.0. The lowest BCUT2D eigenvalue weighted by atomic mass is 9.71. The molecule has 4 rings (SSSR count). The van der Waals surface area contributed by atoms with E-state index >= 15 is 0 Å². The number of rotatable bonds is 14. The Hall–Kier alpha value is -2.10. The van der Waals surface area contributed by atoms with E-state index < -0.39 is 22.6 Å². The number of likely N-dealkylation sites (tertiary alicyclic amines) is 1. The number of hydrogen-bond donors (Lipinski definition) is 1. The van der Waals surface area contributed by atoms with E-state index in [1.807, 2.05) is 38.1 Å². The molecule has 2 amide bonds. The molecule has 1 aromatic carbocycles. The molecule has 3 fully saturated rings. The Balaban J connectivity index is 1.71. The summed E-state index contributed by atoms with van der Waals surface area (Å²) < 4.78 is 4.98. The summed E-state index contributed by atoms with van der Waals surface area (Å²) in [5.74, 6) is -1.88. The average molecular weight is 634 g/mol. The Labute approximate surface area is 250 Å². The highest BCUT2D eigenvalue weighted by Crippen LogP contribution is 2.68. The molecule has 0 aliphatic carbocycles. The molecule has 1 N–H and O–H groups in total. The number of carbonyl (C=O) groups is 3. The Morgan fingerprint density at radius 2 is 1.93 bits per heavy atom. The number of amides is 2. The van der Waals surface area contributed by atoms with Crippen LogP contribution in [0.2, 0.25) is 0 Å². The molecule has 40 heavy (non-hydrogen) atoms. The van der Waals surface area contributed by atoms with Crippen molar-refractivity contribution in [1.29, 1.82) is 0 Å². The van der Waals surface area contributed by atoms with Gasteiger partial charge in [-0.15, -0.1) is 24.9 Å². The number of para-hydroxylation sites is 1. The van der Waals surface area contributed by atoms with Crippen LogP contribution in [0, 0.1) is 25.7 Å². The monoisotopic (exact) mass is 632 g/mol. The zero-order valence-electron chi connectivity index (χ0n) is 23.5. The van der Waals surface area contributed by atoms with Gasteiger partial charge in [-0.25, -0.2) is 0 Å². The number of nitrogens with zero attached hydrogens (tertiary/aromatic N) is 2. The number of fused-ring (bicyclic) bond motifs is 1. The van der Waals surface area contributed by atoms with Crippen LogP contribution in [0.25, 0.3) is 0 Å². The molecule has 9 heteroatoms. The van der Waals surface area contributed by atoms with E-state index in [4.69, 9.17) is 4.74 Å². The maximum atomic E-state index is 14.7. The summed E-state index contributed by atoms with van der Waals surface area (Å²) >= 11 is 5.43. The largest absolute Gasteiger partial charge is 0.465 e. The molecule has 7 nitrogen and oxygen atoms in total. The molecule has 3 saturated heterocycles. The van der Waals surface area contributed by atoms with Gasteiger partial charge in [0.1, 0.15) is 6.04 Å². The number of aliphatic hydroxyl groups excluding tert-OH is 1. The van der Waals surface area contributed by atoms with E-state index in [0.29, 0.717) is 39.0 Å². The van der Waals surface area contributed by atoms with Crippen LogP contribution >= 0.6 is 27.7 Å². The van der Waals surface area contributed by atoms with Gasteiger partial charge in [0.15, 0.2) is 0 Å². The lowest BCUT2D eigenvalue weighted by Gasteiger charge is -2.38. The molecule has 3 aliphatic heterocycles. The quantitative estimate of drug-likeness (QED) is 0.135. The number of halogens is 1. The van der Waals surface area contributed by atoms with E-state index in [2.05, 4.69) is 29.1 Å². The number of carbonyl (C=O) groups excluding carboxylic acids is 3. The molecule has 0 aromatic heterocycles. The van der Waals surface area contributed by atoms with Gasteiger partial charge in [0.05, 0.1) is 23.2 Å². The van der Waals surface area contributed by atoms with Gasteiger partial charge in [0.25, 0.3) is 5.91 Å². The predicted octanol–water partition coefficient (Wildman–Crippen LogP) is 4.96. The average Bonchev–Trinajstić information content (AvgIpc) is 3.51. The van der Waals surface area contributed by atoms with Crippen LogP contribution in [0.4, 0.5) is 5.69 Å². The van der Waals surface area contributed by atoms with Crippen molar-refractivity contribution in [3.8, 4) is 0 Å². The van der Waals surface area contributed by atoms with Gasteiger partial charge in [-0.05, 0) is 63.5 Å². The molecule has 1 spiro atoms. The van der Waals surface area contributed by atoms with Crippen molar-refractivity contribution in [2.24, 2.45) is 11.8 Å². The molecule has 3 aliphatic rings. The summed E-state index contributed by atoms with van der Waals surface area (Å²) in [5, 5.41) is 9.29. The first kappa shape index (κ1) is 30.8. The predicted molar refractivity (Wildman–Crippen MR) is 164 cm³/mol. The topological polar surface area (TPSA) is 87.1 Å². The second kappa shape index (κ2) is 13.3. The number of unbranched alkanes of at least 4 members (excludes halogenated alkanes) is 3. The number of anilines is 1. The Morgan fingerprint density at radius 3 is 2.58 bits per heavy atom. The Kier molecular flexibility index (Phi) is 10.2. The van der Waals surface area contributed by atoms with Crippen LogP contribution in [-0.2, 0) is 19.1 Å². The first-order chi connectivity index (χ1) is 19.2. The Bertz CT molecular complexity index is 1120. The summed E-state index contributed by atoms with van der Waals surface area (Å²) in [6.45, 7) is 12.6. The number of thioether (sulfide) groups is 1. The number of allylic oxidation sites excluding steroid dienone is 1. The lowest BCUT2D eigenvalue weighted by Crippen LogP contribution is -2.56. The van der Waals surface area contributed by atoms with E-state index in [1.165, 1.54) is 0 Å². The fourth-order valence-electron chi connectivity index (χ4n) is 6.77. The zero-order valence-corrected chi connectivity index (χ0v) is 25.9. The van der Waals surface area contributed by atoms with Crippen LogP contribution in [-0.4, -0.2) is 75.0 Å². The van der Waals surface area contributed by atoms with Crippen LogP contribution in [0.15, 0.2) is 43.5 Å². The lowest BCUT2D eigenvalue weighted by molar-refractivity contribution is -0.154. The summed E-state index contributed by atoms with van der Waals surface area (Å²) in [5.41, 5.74) is 2.78. The van der Waals surface area contributed by atoms with E-state index in [1.54, 1.807) is 27.6 Å². The van der Waals surface area contributed by atoms with Crippen molar-refractivity contribution in [2.75, 3.05) is 31.2 Å². The second-order valence-electron chi connectivity index (χ2n) is 11.1. The van der Waals surface area contributed by atoms with Crippen molar-refractivity contribution in [3.63, 3.8) is 0 Å². The number of hydrogen-bond acceptors (Lipinski definition) is 6. The Morgan fingerprint density at radius 1 is 1.20 bits per heavy atom. The fourth-order valence-corrected chi connectivity index (χ4v) is 10.4. The molecule has 3 heterocycles. The summed E-state index contributed by atoms with van der Waals surface area (Å²) in [6.07, 6.45) is 7.77. The number of benzene rings is 1. The minimum atomic E-state index is -0.741. The van der Waals surface area contributed by atoms with Crippen molar-refractivity contribution in [2.45, 2.75) is 73.2 Å². The smallest absolute Gasteiger partial charge is 0.310 e. The third-order valence-corrected chi connectivity index (χ3v) is 11.7. The standard InChI is InChI=1S/C31H41BrN2O5S/c1-5-7-8-11-18-39-30(38)23-24-28(36)34(16-9-10-17-35)27(31(24)19-22(32)26(23)40-31)29(37)33(15-6-2)25-20(3)13-12-14-21(25)4/h5-6,12-14,22-24,26-27,35H,1-2,7-11,15-19H2,3-4H3/t22?,23-,24-,26-,27?,31?/m0/s1. The molecule has 218 valence electrons. The second-order valence-corrected chi connectivity index (χ2v) is 13.8. The van der Waals surface area contributed by atoms with E-state index in [-0.39, 0.29) is 34.5 Å². The van der Waals surface area contributed by atoms with Crippen LogP contribution in [0.5, 0.6) is 0 Å². The SMILES string of the molecule is C=CCCCCOC(=O)[C@H]1[C@H]2C(=O)N(CCCCO)C(C(=O)N(CC=C)c3c(C)cccc3C)C23CC(Br)[C@@H]1S3. The van der Waals surface area contributed by atoms with Gasteiger partial charge >= 0.3 is 5.97 Å². The third kappa shape index (κ3) is 5.53.